The molecule has 0 aliphatic heterocycles. The first kappa shape index (κ1) is 27.0. The zero-order chi connectivity index (χ0) is 26.1. The largest absolute Gasteiger partial charge is 0.462 e. The third-order valence-electron chi connectivity index (χ3n) is 4.91. The van der Waals surface area contributed by atoms with Gasteiger partial charge in [0.05, 0.1) is 24.0 Å². The second-order valence-corrected chi connectivity index (χ2v) is 8.96. The number of ether oxygens (including phenoxy) is 1. The summed E-state index contributed by atoms with van der Waals surface area (Å²) in [5, 5.41) is 15.2. The molecule has 2 amide bonds. The Balaban J connectivity index is 1.61. The Bertz CT molecular complexity index is 1230. The van der Waals surface area contributed by atoms with E-state index in [4.69, 9.17) is 16.3 Å². The molecule has 0 aliphatic carbocycles. The van der Waals surface area contributed by atoms with E-state index in [9.17, 15) is 14.4 Å². The Kier molecular flexibility index (Phi) is 9.66. The number of hydrogen-bond acceptors (Lipinski definition) is 7. The van der Waals surface area contributed by atoms with Crippen LogP contribution in [0, 0.1) is 0 Å². The van der Waals surface area contributed by atoms with Gasteiger partial charge in [0, 0.05) is 22.8 Å². The molecule has 2 aromatic carbocycles. The Labute approximate surface area is 218 Å². The van der Waals surface area contributed by atoms with Gasteiger partial charge < -0.3 is 19.9 Å². The standard InChI is InChI=1S/C25H26ClN5O4S/c1-4-14-31-22(16(3)27-23(33)17-6-10-19(26)11-7-17)29-30-25(31)36-15-21(32)28-20-12-8-18(9-13-20)24(34)35-5-2/h4,6-13,16H,1,5,14-15H2,2-3H3,(H,27,33)(H,28,32)/t16-/m1/s1. The molecule has 188 valence electrons. The Morgan fingerprint density at radius 2 is 1.78 bits per heavy atom. The molecule has 0 bridgehead atoms. The van der Waals surface area contributed by atoms with Crippen molar-refractivity contribution in [1.29, 1.82) is 0 Å². The SMILES string of the molecule is C=CCn1c(SCC(=O)Nc2ccc(C(=O)OCC)cc2)nnc1[C@@H](C)NC(=O)c1ccc(Cl)cc1. The quantitative estimate of drug-likeness (QED) is 0.214. The molecule has 1 atom stereocenters. The predicted octanol–water partition coefficient (Wildman–Crippen LogP) is 4.52. The maximum Gasteiger partial charge on any atom is 0.338 e. The van der Waals surface area contributed by atoms with Crippen LogP contribution in [0.5, 0.6) is 0 Å². The second-order valence-electron chi connectivity index (χ2n) is 7.58. The van der Waals surface area contributed by atoms with Gasteiger partial charge in [-0.05, 0) is 62.4 Å². The summed E-state index contributed by atoms with van der Waals surface area (Å²) in [5.74, 6) is -0.311. The number of hydrogen-bond donors (Lipinski definition) is 2. The molecule has 1 aromatic heterocycles. The first-order valence-corrected chi connectivity index (χ1v) is 12.5. The molecule has 0 aliphatic rings. The highest BCUT2D eigenvalue weighted by Gasteiger charge is 2.20. The van der Waals surface area contributed by atoms with Gasteiger partial charge in [-0.15, -0.1) is 16.8 Å². The number of amides is 2. The number of aromatic nitrogens is 3. The second kappa shape index (κ2) is 12.9. The number of halogens is 1. The first-order chi connectivity index (χ1) is 17.3. The number of nitrogens with one attached hydrogen (secondary N) is 2. The molecule has 3 rings (SSSR count). The summed E-state index contributed by atoms with van der Waals surface area (Å²) < 4.78 is 6.75. The third-order valence-corrected chi connectivity index (χ3v) is 6.13. The van der Waals surface area contributed by atoms with Crippen LogP contribution in [0.15, 0.2) is 66.3 Å². The van der Waals surface area contributed by atoms with E-state index in [0.29, 0.717) is 46.0 Å². The molecule has 2 N–H and O–H groups in total. The lowest BCUT2D eigenvalue weighted by Gasteiger charge is -2.15. The molecule has 1 heterocycles. The highest BCUT2D eigenvalue weighted by Crippen LogP contribution is 2.22. The zero-order valence-corrected chi connectivity index (χ0v) is 21.4. The van der Waals surface area contributed by atoms with Crippen molar-refractivity contribution < 1.29 is 19.1 Å². The summed E-state index contributed by atoms with van der Waals surface area (Å²) in [6.07, 6.45) is 1.69. The van der Waals surface area contributed by atoms with Crippen LogP contribution in [0.1, 0.15) is 46.4 Å². The summed E-state index contributed by atoms with van der Waals surface area (Å²) >= 11 is 7.10. The molecule has 0 saturated carbocycles. The van der Waals surface area contributed by atoms with Crippen LogP contribution >= 0.6 is 23.4 Å². The lowest BCUT2D eigenvalue weighted by Crippen LogP contribution is -2.28. The zero-order valence-electron chi connectivity index (χ0n) is 19.9. The number of nitrogens with zero attached hydrogens (tertiary/aromatic N) is 3. The number of carbonyl (C=O) groups excluding carboxylic acids is 3. The minimum atomic E-state index is -0.443. The monoisotopic (exact) mass is 527 g/mol. The summed E-state index contributed by atoms with van der Waals surface area (Å²) in [6, 6.07) is 12.6. The van der Waals surface area contributed by atoms with Gasteiger partial charge >= 0.3 is 5.97 Å². The number of rotatable bonds is 11. The minimum absolute atomic E-state index is 0.0837. The lowest BCUT2D eigenvalue weighted by molar-refractivity contribution is -0.113. The van der Waals surface area contributed by atoms with E-state index in [-0.39, 0.29) is 17.6 Å². The average Bonchev–Trinajstić information content (AvgIpc) is 3.26. The van der Waals surface area contributed by atoms with E-state index in [1.54, 1.807) is 73.0 Å². The van der Waals surface area contributed by atoms with Gasteiger partial charge in [-0.1, -0.05) is 29.4 Å². The fraction of sp³-hybridized carbons (Fsp3) is 0.240. The summed E-state index contributed by atoms with van der Waals surface area (Å²) in [7, 11) is 0. The van der Waals surface area contributed by atoms with Crippen molar-refractivity contribution >= 4 is 46.8 Å². The highest BCUT2D eigenvalue weighted by molar-refractivity contribution is 7.99. The highest BCUT2D eigenvalue weighted by atomic mass is 35.5. The number of thioether (sulfide) groups is 1. The lowest BCUT2D eigenvalue weighted by atomic mass is 10.2. The fourth-order valence-corrected chi connectivity index (χ4v) is 4.09. The van der Waals surface area contributed by atoms with Crippen molar-refractivity contribution in [3.63, 3.8) is 0 Å². The van der Waals surface area contributed by atoms with Crippen LogP contribution in [-0.4, -0.2) is 44.9 Å². The van der Waals surface area contributed by atoms with Crippen molar-refractivity contribution in [2.24, 2.45) is 0 Å². The Hall–Kier alpha value is -3.63. The van der Waals surface area contributed by atoms with Gasteiger partial charge in [-0.25, -0.2) is 4.79 Å². The first-order valence-electron chi connectivity index (χ1n) is 11.1. The van der Waals surface area contributed by atoms with Gasteiger partial charge in [0.15, 0.2) is 11.0 Å². The topological polar surface area (TPSA) is 115 Å². The van der Waals surface area contributed by atoms with Gasteiger partial charge in [0.25, 0.3) is 5.91 Å². The minimum Gasteiger partial charge on any atom is -0.462 e. The number of carbonyl (C=O) groups is 3. The van der Waals surface area contributed by atoms with E-state index in [2.05, 4.69) is 27.4 Å². The molecular formula is C25H26ClN5O4S. The van der Waals surface area contributed by atoms with Crippen LogP contribution in [0.2, 0.25) is 5.02 Å². The predicted molar refractivity (Wildman–Crippen MR) is 139 cm³/mol. The van der Waals surface area contributed by atoms with Crippen molar-refractivity contribution in [3.05, 3.63) is 83.2 Å². The average molecular weight is 528 g/mol. The maximum atomic E-state index is 12.6. The molecule has 0 unspecified atom stereocenters. The van der Waals surface area contributed by atoms with Gasteiger partial charge in [0.2, 0.25) is 5.91 Å². The van der Waals surface area contributed by atoms with E-state index < -0.39 is 12.0 Å². The molecule has 0 spiro atoms. The number of benzene rings is 2. The summed E-state index contributed by atoms with van der Waals surface area (Å²) in [4.78, 5) is 36.8. The van der Waals surface area contributed by atoms with E-state index in [1.807, 2.05) is 0 Å². The third kappa shape index (κ3) is 7.19. The van der Waals surface area contributed by atoms with E-state index >= 15 is 0 Å². The van der Waals surface area contributed by atoms with Gasteiger partial charge in [-0.2, -0.15) is 0 Å². The normalized spacial score (nSPS) is 11.4. The van der Waals surface area contributed by atoms with E-state index in [1.165, 1.54) is 11.8 Å². The van der Waals surface area contributed by atoms with Gasteiger partial charge in [-0.3, -0.25) is 9.59 Å². The summed E-state index contributed by atoms with van der Waals surface area (Å²) in [6.45, 7) is 8.02. The molecule has 0 fully saturated rings. The van der Waals surface area contributed by atoms with Crippen molar-refractivity contribution in [1.82, 2.24) is 20.1 Å². The van der Waals surface area contributed by atoms with Gasteiger partial charge in [0.1, 0.15) is 0 Å². The smallest absolute Gasteiger partial charge is 0.338 e. The molecule has 11 heteroatoms. The summed E-state index contributed by atoms with van der Waals surface area (Å²) in [5.41, 5.74) is 1.44. The molecule has 0 saturated heterocycles. The van der Waals surface area contributed by atoms with Crippen molar-refractivity contribution in [2.75, 3.05) is 17.7 Å². The number of esters is 1. The molecule has 9 nitrogen and oxygen atoms in total. The fourth-order valence-electron chi connectivity index (χ4n) is 3.20. The van der Waals surface area contributed by atoms with E-state index in [0.717, 1.165) is 0 Å². The van der Waals surface area contributed by atoms with Crippen LogP contribution in [0.3, 0.4) is 0 Å². The maximum absolute atomic E-state index is 12.6. The van der Waals surface area contributed by atoms with Crippen molar-refractivity contribution in [3.8, 4) is 0 Å². The van der Waals surface area contributed by atoms with Crippen LogP contribution in [-0.2, 0) is 16.1 Å². The number of allylic oxidation sites excluding steroid dienone is 1. The van der Waals surface area contributed by atoms with Crippen LogP contribution in [0.25, 0.3) is 0 Å². The molecular weight excluding hydrogens is 502 g/mol. The van der Waals surface area contributed by atoms with Crippen LogP contribution in [0.4, 0.5) is 5.69 Å². The Morgan fingerprint density at radius 3 is 2.42 bits per heavy atom. The molecule has 0 radical (unpaired) electrons. The Morgan fingerprint density at radius 1 is 1.11 bits per heavy atom. The number of anilines is 1. The molecule has 3 aromatic rings. The van der Waals surface area contributed by atoms with Crippen LogP contribution < -0.4 is 10.6 Å². The van der Waals surface area contributed by atoms with Crippen molar-refractivity contribution in [2.45, 2.75) is 31.6 Å². The molecule has 36 heavy (non-hydrogen) atoms.